The van der Waals surface area contributed by atoms with E-state index in [-0.39, 0.29) is 18.6 Å². The molecular formula is C15H19N3O3. The van der Waals surface area contributed by atoms with Gasteiger partial charge < -0.3 is 20.7 Å². The summed E-state index contributed by atoms with van der Waals surface area (Å²) in [6, 6.07) is 7.11. The molecule has 2 amide bonds. The number of amides is 2. The molecule has 21 heavy (non-hydrogen) atoms. The van der Waals surface area contributed by atoms with Gasteiger partial charge in [0.15, 0.2) is 0 Å². The van der Waals surface area contributed by atoms with E-state index in [2.05, 4.69) is 11.4 Å². The molecule has 0 spiro atoms. The van der Waals surface area contributed by atoms with Gasteiger partial charge in [0.25, 0.3) is 0 Å². The average molecular weight is 289 g/mol. The molecule has 1 fully saturated rings. The number of hydrogen-bond donors (Lipinski definition) is 2. The Kier molecular flexibility index (Phi) is 3.90. The van der Waals surface area contributed by atoms with E-state index in [9.17, 15) is 9.59 Å². The van der Waals surface area contributed by atoms with Gasteiger partial charge in [-0.25, -0.2) is 0 Å². The van der Waals surface area contributed by atoms with Crippen LogP contribution in [0.1, 0.15) is 11.1 Å². The van der Waals surface area contributed by atoms with Crippen LogP contribution >= 0.6 is 0 Å². The zero-order chi connectivity index (χ0) is 14.8. The monoisotopic (exact) mass is 289 g/mol. The van der Waals surface area contributed by atoms with Gasteiger partial charge in [0, 0.05) is 13.1 Å². The first-order chi connectivity index (χ1) is 10.2. The molecule has 1 aromatic carbocycles. The van der Waals surface area contributed by atoms with Gasteiger partial charge in [-0.3, -0.25) is 9.59 Å². The molecule has 3 N–H and O–H groups in total. The number of nitrogens with two attached hydrogens (primary N) is 1. The van der Waals surface area contributed by atoms with E-state index in [1.807, 2.05) is 18.2 Å². The molecule has 6 heteroatoms. The maximum Gasteiger partial charge on any atom is 0.242 e. The van der Waals surface area contributed by atoms with E-state index in [1.165, 1.54) is 11.1 Å². The first kappa shape index (κ1) is 14.0. The van der Waals surface area contributed by atoms with Crippen molar-refractivity contribution in [3.05, 3.63) is 35.4 Å². The Morgan fingerprint density at radius 1 is 1.29 bits per heavy atom. The van der Waals surface area contributed by atoms with Crippen molar-refractivity contribution in [3.8, 4) is 0 Å². The predicted molar refractivity (Wildman–Crippen MR) is 76.3 cm³/mol. The number of nitrogens with one attached hydrogen (secondary N) is 1. The van der Waals surface area contributed by atoms with Crippen LogP contribution in [0.3, 0.4) is 0 Å². The summed E-state index contributed by atoms with van der Waals surface area (Å²) < 4.78 is 5.25. The highest BCUT2D eigenvalue weighted by atomic mass is 16.5. The summed E-state index contributed by atoms with van der Waals surface area (Å²) in [6.07, 6.45) is 0.637. The number of morpholine rings is 1. The van der Waals surface area contributed by atoms with Crippen LogP contribution in [0.2, 0.25) is 0 Å². The number of rotatable bonds is 2. The molecule has 0 saturated carbocycles. The number of carbonyl (C=O) groups excluding carboxylic acids is 2. The van der Waals surface area contributed by atoms with Gasteiger partial charge in [0.1, 0.15) is 6.04 Å². The lowest BCUT2D eigenvalue weighted by Gasteiger charge is -2.37. The Labute approximate surface area is 123 Å². The summed E-state index contributed by atoms with van der Waals surface area (Å²) in [6.45, 7) is 1.70. The van der Waals surface area contributed by atoms with Crippen LogP contribution in [-0.2, 0) is 27.3 Å². The Balaban J connectivity index is 1.75. The quantitative estimate of drug-likeness (QED) is 0.762. The summed E-state index contributed by atoms with van der Waals surface area (Å²) >= 11 is 0. The lowest BCUT2D eigenvalue weighted by atomic mass is 9.95. The lowest BCUT2D eigenvalue weighted by Crippen LogP contribution is -2.59. The molecule has 2 aliphatic rings. The standard InChI is InChI=1S/C15H19N3O3/c16-14(19)13-9-21-6-5-18(13)15(20)12-7-10-3-1-2-4-11(10)8-17-12/h1-4,12-13,17H,5-9H2,(H2,16,19)/t12-,13?/m0/s1. The highest BCUT2D eigenvalue weighted by Crippen LogP contribution is 2.19. The number of ether oxygens (including phenoxy) is 1. The molecular weight excluding hydrogens is 270 g/mol. The molecule has 1 saturated heterocycles. The molecule has 0 aliphatic carbocycles. The van der Waals surface area contributed by atoms with Crippen LogP contribution in [0, 0.1) is 0 Å². The van der Waals surface area contributed by atoms with Crippen molar-refractivity contribution in [2.24, 2.45) is 5.73 Å². The maximum absolute atomic E-state index is 12.7. The molecule has 1 aromatic rings. The number of primary amides is 1. The van der Waals surface area contributed by atoms with E-state index < -0.39 is 11.9 Å². The topological polar surface area (TPSA) is 84.7 Å². The van der Waals surface area contributed by atoms with Gasteiger partial charge in [0.05, 0.1) is 19.3 Å². The normalized spacial score (nSPS) is 25.2. The molecule has 112 valence electrons. The van der Waals surface area contributed by atoms with E-state index >= 15 is 0 Å². The molecule has 2 aliphatic heterocycles. The maximum atomic E-state index is 12.7. The number of hydrogen-bond acceptors (Lipinski definition) is 4. The predicted octanol–water partition coefficient (Wildman–Crippen LogP) is -0.586. The lowest BCUT2D eigenvalue weighted by molar-refractivity contribution is -0.148. The van der Waals surface area contributed by atoms with E-state index in [4.69, 9.17) is 10.5 Å². The number of fused-ring (bicyclic) bond motifs is 1. The van der Waals surface area contributed by atoms with Crippen molar-refractivity contribution < 1.29 is 14.3 Å². The summed E-state index contributed by atoms with van der Waals surface area (Å²) in [4.78, 5) is 25.7. The molecule has 6 nitrogen and oxygen atoms in total. The van der Waals surface area contributed by atoms with Crippen molar-refractivity contribution in [3.63, 3.8) is 0 Å². The minimum atomic E-state index is -0.662. The van der Waals surface area contributed by atoms with Gasteiger partial charge >= 0.3 is 0 Å². The van der Waals surface area contributed by atoms with Gasteiger partial charge in [-0.05, 0) is 17.5 Å². The third-order valence-corrected chi connectivity index (χ3v) is 4.12. The molecule has 1 unspecified atom stereocenters. The van der Waals surface area contributed by atoms with Gasteiger partial charge in [-0.2, -0.15) is 0 Å². The van der Waals surface area contributed by atoms with E-state index in [0.29, 0.717) is 26.1 Å². The number of benzene rings is 1. The van der Waals surface area contributed by atoms with Crippen molar-refractivity contribution >= 4 is 11.8 Å². The van der Waals surface area contributed by atoms with E-state index in [1.54, 1.807) is 4.90 Å². The van der Waals surface area contributed by atoms with Gasteiger partial charge in [-0.1, -0.05) is 24.3 Å². The minimum Gasteiger partial charge on any atom is -0.377 e. The Hall–Kier alpha value is -1.92. The van der Waals surface area contributed by atoms with Crippen LogP contribution in [-0.4, -0.2) is 48.6 Å². The van der Waals surface area contributed by atoms with Crippen LogP contribution in [0.5, 0.6) is 0 Å². The Morgan fingerprint density at radius 2 is 2.05 bits per heavy atom. The molecule has 0 radical (unpaired) electrons. The van der Waals surface area contributed by atoms with Gasteiger partial charge in [0.2, 0.25) is 11.8 Å². The zero-order valence-corrected chi connectivity index (χ0v) is 11.7. The summed E-state index contributed by atoms with van der Waals surface area (Å²) in [7, 11) is 0. The van der Waals surface area contributed by atoms with Crippen LogP contribution in [0.4, 0.5) is 0 Å². The fourth-order valence-electron chi connectivity index (χ4n) is 2.93. The fraction of sp³-hybridized carbons (Fsp3) is 0.467. The average Bonchev–Trinajstić information content (AvgIpc) is 2.53. The zero-order valence-electron chi connectivity index (χ0n) is 11.7. The first-order valence-corrected chi connectivity index (χ1v) is 7.14. The van der Waals surface area contributed by atoms with Crippen molar-refractivity contribution in [1.29, 1.82) is 0 Å². The SMILES string of the molecule is NC(=O)C1COCCN1C(=O)[C@@H]1Cc2ccccc2CN1. The number of carbonyl (C=O) groups is 2. The third-order valence-electron chi connectivity index (χ3n) is 4.12. The highest BCUT2D eigenvalue weighted by Gasteiger charge is 2.36. The summed E-state index contributed by atoms with van der Waals surface area (Å²) in [5, 5.41) is 3.25. The molecule has 2 atom stereocenters. The van der Waals surface area contributed by atoms with Crippen LogP contribution in [0.25, 0.3) is 0 Å². The second-order valence-corrected chi connectivity index (χ2v) is 5.43. The fourth-order valence-corrected chi connectivity index (χ4v) is 2.93. The second kappa shape index (κ2) is 5.83. The number of nitrogens with zero attached hydrogens (tertiary/aromatic N) is 1. The highest BCUT2D eigenvalue weighted by molar-refractivity contribution is 5.89. The Bertz CT molecular complexity index is 561. The van der Waals surface area contributed by atoms with Crippen LogP contribution in [0.15, 0.2) is 24.3 Å². The minimum absolute atomic E-state index is 0.0726. The van der Waals surface area contributed by atoms with E-state index in [0.717, 1.165) is 0 Å². The molecule has 3 rings (SSSR count). The van der Waals surface area contributed by atoms with Crippen molar-refractivity contribution in [2.45, 2.75) is 25.0 Å². The molecule has 2 heterocycles. The Morgan fingerprint density at radius 3 is 2.81 bits per heavy atom. The molecule has 0 aromatic heterocycles. The first-order valence-electron chi connectivity index (χ1n) is 7.14. The second-order valence-electron chi connectivity index (χ2n) is 5.43. The van der Waals surface area contributed by atoms with Crippen molar-refractivity contribution in [2.75, 3.05) is 19.8 Å². The largest absolute Gasteiger partial charge is 0.377 e. The smallest absolute Gasteiger partial charge is 0.242 e. The summed E-state index contributed by atoms with van der Waals surface area (Å²) in [5.41, 5.74) is 7.76. The van der Waals surface area contributed by atoms with Crippen LogP contribution < -0.4 is 11.1 Å². The third kappa shape index (κ3) is 2.77. The van der Waals surface area contributed by atoms with Crippen molar-refractivity contribution in [1.82, 2.24) is 10.2 Å². The molecule has 0 bridgehead atoms. The van der Waals surface area contributed by atoms with Gasteiger partial charge in [-0.15, -0.1) is 0 Å². The summed E-state index contributed by atoms with van der Waals surface area (Å²) in [5.74, 6) is -0.587.